The minimum absolute atomic E-state index is 0.0575. The SMILES string of the molecule is COC(=O)C(=Cc1cccn2cnnc12)NC(=O)OC(C)(C)C. The summed E-state index contributed by atoms with van der Waals surface area (Å²) in [5, 5.41) is 10.2. The number of esters is 1. The summed E-state index contributed by atoms with van der Waals surface area (Å²) in [5.41, 5.74) is 0.400. The Labute approximate surface area is 133 Å². The fraction of sp³-hybridized carbons (Fsp3) is 0.333. The van der Waals surface area contributed by atoms with Gasteiger partial charge in [-0.05, 0) is 39.0 Å². The Morgan fingerprint density at radius 3 is 2.74 bits per heavy atom. The first-order valence-electron chi connectivity index (χ1n) is 6.88. The molecule has 122 valence electrons. The molecular weight excluding hydrogens is 300 g/mol. The third-order valence-electron chi connectivity index (χ3n) is 2.69. The maximum absolute atomic E-state index is 11.9. The second-order valence-electron chi connectivity index (χ2n) is 5.70. The number of alkyl carbamates (subject to hydrolysis) is 1. The highest BCUT2D eigenvalue weighted by atomic mass is 16.6. The van der Waals surface area contributed by atoms with Crippen molar-refractivity contribution in [2.75, 3.05) is 7.11 Å². The van der Waals surface area contributed by atoms with Crippen molar-refractivity contribution in [2.24, 2.45) is 0 Å². The molecule has 23 heavy (non-hydrogen) atoms. The normalized spacial score (nSPS) is 12.1. The molecule has 0 aliphatic carbocycles. The lowest BCUT2D eigenvalue weighted by molar-refractivity contribution is -0.136. The van der Waals surface area contributed by atoms with Gasteiger partial charge in [0.2, 0.25) is 0 Å². The molecule has 0 aromatic carbocycles. The molecule has 0 saturated carbocycles. The van der Waals surface area contributed by atoms with Gasteiger partial charge in [0.25, 0.3) is 0 Å². The first-order chi connectivity index (χ1) is 10.8. The summed E-state index contributed by atoms with van der Waals surface area (Å²) in [4.78, 5) is 23.8. The fourth-order valence-corrected chi connectivity index (χ4v) is 1.81. The predicted molar refractivity (Wildman–Crippen MR) is 82.3 cm³/mol. The number of pyridine rings is 1. The van der Waals surface area contributed by atoms with E-state index in [1.165, 1.54) is 19.5 Å². The second-order valence-corrected chi connectivity index (χ2v) is 5.70. The van der Waals surface area contributed by atoms with E-state index in [9.17, 15) is 9.59 Å². The molecule has 8 nitrogen and oxygen atoms in total. The summed E-state index contributed by atoms with van der Waals surface area (Å²) >= 11 is 0. The lowest BCUT2D eigenvalue weighted by atomic mass is 10.2. The number of carbonyl (C=O) groups is 2. The molecule has 2 rings (SSSR count). The highest BCUT2D eigenvalue weighted by Crippen LogP contribution is 2.13. The van der Waals surface area contributed by atoms with Crippen molar-refractivity contribution in [3.63, 3.8) is 0 Å². The zero-order valence-electron chi connectivity index (χ0n) is 13.4. The Morgan fingerprint density at radius 2 is 2.09 bits per heavy atom. The zero-order valence-corrected chi connectivity index (χ0v) is 13.4. The maximum atomic E-state index is 11.9. The number of nitrogens with zero attached hydrogens (tertiary/aromatic N) is 3. The van der Waals surface area contributed by atoms with Crippen molar-refractivity contribution >= 4 is 23.8 Å². The van der Waals surface area contributed by atoms with Gasteiger partial charge in [0.15, 0.2) is 5.65 Å². The Bertz CT molecular complexity index is 758. The Balaban J connectivity index is 2.33. The van der Waals surface area contributed by atoms with E-state index in [-0.39, 0.29) is 5.70 Å². The van der Waals surface area contributed by atoms with Crippen LogP contribution in [0.25, 0.3) is 11.7 Å². The van der Waals surface area contributed by atoms with Crippen molar-refractivity contribution < 1.29 is 19.1 Å². The number of fused-ring (bicyclic) bond motifs is 1. The number of rotatable bonds is 3. The van der Waals surface area contributed by atoms with E-state index in [2.05, 4.69) is 20.3 Å². The minimum Gasteiger partial charge on any atom is -0.464 e. The lowest BCUT2D eigenvalue weighted by Crippen LogP contribution is -2.34. The average molecular weight is 318 g/mol. The lowest BCUT2D eigenvalue weighted by Gasteiger charge is -2.20. The average Bonchev–Trinajstić information content (AvgIpc) is 2.93. The summed E-state index contributed by atoms with van der Waals surface area (Å²) in [6.07, 6.45) is 4.01. The van der Waals surface area contributed by atoms with Crippen LogP contribution in [0, 0.1) is 0 Å². The molecule has 0 atom stereocenters. The number of methoxy groups -OCH3 is 1. The largest absolute Gasteiger partial charge is 0.464 e. The quantitative estimate of drug-likeness (QED) is 0.684. The zero-order chi connectivity index (χ0) is 17.0. The molecule has 8 heteroatoms. The van der Waals surface area contributed by atoms with Crippen LogP contribution in [0.3, 0.4) is 0 Å². The number of hydrogen-bond donors (Lipinski definition) is 1. The van der Waals surface area contributed by atoms with Crippen molar-refractivity contribution in [1.29, 1.82) is 0 Å². The monoisotopic (exact) mass is 318 g/mol. The first kappa shape index (κ1) is 16.5. The third kappa shape index (κ3) is 4.29. The Hall–Kier alpha value is -2.90. The van der Waals surface area contributed by atoms with Crippen LogP contribution >= 0.6 is 0 Å². The van der Waals surface area contributed by atoms with E-state index < -0.39 is 17.7 Å². The summed E-state index contributed by atoms with van der Waals surface area (Å²) in [5.74, 6) is -0.697. The van der Waals surface area contributed by atoms with Gasteiger partial charge in [0.05, 0.1) is 7.11 Å². The smallest absolute Gasteiger partial charge is 0.412 e. The van der Waals surface area contributed by atoms with Gasteiger partial charge in [0, 0.05) is 11.8 Å². The van der Waals surface area contributed by atoms with Gasteiger partial charge < -0.3 is 9.47 Å². The number of ether oxygens (including phenoxy) is 2. The summed E-state index contributed by atoms with van der Waals surface area (Å²) in [7, 11) is 1.23. The Kier molecular flexibility index (Phi) is 4.63. The molecule has 1 N–H and O–H groups in total. The van der Waals surface area contributed by atoms with Crippen LogP contribution in [0.4, 0.5) is 4.79 Å². The standard InChI is InChI=1S/C15H18N4O4/c1-15(2,3)23-14(21)17-11(13(20)22-4)8-10-6-5-7-19-9-16-18-12(10)19/h5-9H,1-4H3,(H,17,21). The van der Waals surface area contributed by atoms with Crippen molar-refractivity contribution in [3.8, 4) is 0 Å². The van der Waals surface area contributed by atoms with Gasteiger partial charge >= 0.3 is 12.1 Å². The summed E-state index contributed by atoms with van der Waals surface area (Å²) < 4.78 is 11.5. The topological polar surface area (TPSA) is 94.8 Å². The fourth-order valence-electron chi connectivity index (χ4n) is 1.81. The third-order valence-corrected chi connectivity index (χ3v) is 2.69. The predicted octanol–water partition coefficient (Wildman–Crippen LogP) is 1.77. The van der Waals surface area contributed by atoms with Crippen LogP contribution in [0.5, 0.6) is 0 Å². The van der Waals surface area contributed by atoms with Crippen LogP contribution in [-0.4, -0.2) is 39.4 Å². The van der Waals surface area contributed by atoms with E-state index in [4.69, 9.17) is 4.74 Å². The molecule has 1 amide bonds. The number of amides is 1. The summed E-state index contributed by atoms with van der Waals surface area (Å²) in [6, 6.07) is 3.51. The molecule has 0 aliphatic heterocycles. The number of aromatic nitrogens is 3. The van der Waals surface area contributed by atoms with Gasteiger partial charge in [-0.3, -0.25) is 9.72 Å². The first-order valence-corrected chi connectivity index (χ1v) is 6.88. The van der Waals surface area contributed by atoms with Gasteiger partial charge in [-0.15, -0.1) is 10.2 Å². The van der Waals surface area contributed by atoms with Gasteiger partial charge in [-0.1, -0.05) is 0 Å². The highest BCUT2D eigenvalue weighted by Gasteiger charge is 2.20. The molecule has 2 heterocycles. The molecule has 2 aromatic rings. The van der Waals surface area contributed by atoms with Gasteiger partial charge in [-0.2, -0.15) is 0 Å². The molecule has 0 fully saturated rings. The molecule has 0 bridgehead atoms. The molecule has 0 radical (unpaired) electrons. The van der Waals surface area contributed by atoms with Gasteiger partial charge in [-0.25, -0.2) is 9.59 Å². The van der Waals surface area contributed by atoms with Crippen molar-refractivity contribution in [2.45, 2.75) is 26.4 Å². The Morgan fingerprint density at radius 1 is 1.35 bits per heavy atom. The number of hydrogen-bond acceptors (Lipinski definition) is 6. The molecule has 0 saturated heterocycles. The molecule has 0 unspecified atom stereocenters. The number of carbonyl (C=O) groups excluding carboxylic acids is 2. The maximum Gasteiger partial charge on any atom is 0.412 e. The molecule has 2 aromatic heterocycles. The van der Waals surface area contributed by atoms with Crippen molar-refractivity contribution in [3.05, 3.63) is 35.9 Å². The van der Waals surface area contributed by atoms with Crippen LogP contribution < -0.4 is 5.32 Å². The van der Waals surface area contributed by atoms with E-state index in [1.807, 2.05) is 0 Å². The molecular formula is C15H18N4O4. The molecule has 0 aliphatic rings. The van der Waals surface area contributed by atoms with E-state index >= 15 is 0 Å². The highest BCUT2D eigenvalue weighted by molar-refractivity contribution is 5.97. The van der Waals surface area contributed by atoms with Crippen LogP contribution in [0.15, 0.2) is 30.4 Å². The van der Waals surface area contributed by atoms with Gasteiger partial charge in [0.1, 0.15) is 17.6 Å². The van der Waals surface area contributed by atoms with E-state index in [0.717, 1.165) is 0 Å². The molecule has 0 spiro atoms. The minimum atomic E-state index is -0.748. The van der Waals surface area contributed by atoms with E-state index in [1.54, 1.807) is 43.5 Å². The van der Waals surface area contributed by atoms with E-state index in [0.29, 0.717) is 11.2 Å². The van der Waals surface area contributed by atoms with Crippen LogP contribution in [-0.2, 0) is 14.3 Å². The van der Waals surface area contributed by atoms with Crippen LogP contribution in [0.1, 0.15) is 26.3 Å². The second kappa shape index (κ2) is 6.47. The number of nitrogens with one attached hydrogen (secondary N) is 1. The van der Waals surface area contributed by atoms with Crippen molar-refractivity contribution in [1.82, 2.24) is 19.9 Å². The summed E-state index contributed by atoms with van der Waals surface area (Å²) in [6.45, 7) is 5.18. The van der Waals surface area contributed by atoms with Crippen LogP contribution in [0.2, 0.25) is 0 Å².